The molecule has 3 aromatic carbocycles. The van der Waals surface area contributed by atoms with Crippen molar-refractivity contribution in [3.05, 3.63) is 77.4 Å². The fourth-order valence-corrected chi connectivity index (χ4v) is 3.59. The van der Waals surface area contributed by atoms with Crippen LogP contribution in [0.25, 0.3) is 11.1 Å². The summed E-state index contributed by atoms with van der Waals surface area (Å²) in [5.74, 6) is 0.799. The molecule has 1 heterocycles. The highest BCUT2D eigenvalue weighted by atomic mass is 16.5. The van der Waals surface area contributed by atoms with Gasteiger partial charge in [-0.05, 0) is 41.5 Å². The van der Waals surface area contributed by atoms with E-state index in [2.05, 4.69) is 10.6 Å². The Morgan fingerprint density at radius 1 is 0.897 bits per heavy atom. The van der Waals surface area contributed by atoms with E-state index < -0.39 is 0 Å². The number of benzene rings is 3. The molecule has 0 bridgehead atoms. The number of nitrogens with one attached hydrogen (secondary N) is 2. The summed E-state index contributed by atoms with van der Waals surface area (Å²) in [5, 5.41) is 5.71. The number of carbonyl (C=O) groups is 2. The summed E-state index contributed by atoms with van der Waals surface area (Å²) < 4.78 is 11.1. The van der Waals surface area contributed by atoms with Crippen LogP contribution >= 0.6 is 0 Å². The summed E-state index contributed by atoms with van der Waals surface area (Å²) in [7, 11) is 3.19. The van der Waals surface area contributed by atoms with Crippen molar-refractivity contribution in [2.75, 3.05) is 19.5 Å². The number of hydrogen-bond acceptors (Lipinski definition) is 4. The third kappa shape index (κ3) is 3.29. The molecule has 0 fully saturated rings. The Kier molecular flexibility index (Phi) is 4.91. The van der Waals surface area contributed by atoms with E-state index in [1.165, 1.54) is 0 Å². The normalized spacial score (nSPS) is 12.1. The van der Waals surface area contributed by atoms with Crippen LogP contribution in [0.15, 0.2) is 60.7 Å². The van der Waals surface area contributed by atoms with Gasteiger partial charge >= 0.3 is 0 Å². The minimum Gasteiger partial charge on any atom is -0.496 e. The van der Waals surface area contributed by atoms with Crippen LogP contribution in [0, 0.1) is 0 Å². The smallest absolute Gasteiger partial charge is 0.255 e. The molecular formula is C23H20N2O4. The van der Waals surface area contributed by atoms with E-state index in [1.54, 1.807) is 44.6 Å². The van der Waals surface area contributed by atoms with Gasteiger partial charge in [0.1, 0.15) is 11.5 Å². The van der Waals surface area contributed by atoms with Gasteiger partial charge in [0.25, 0.3) is 11.8 Å². The molecule has 146 valence electrons. The standard InChI is InChI=1S/C23H20N2O4/c1-28-18-9-6-10-19(29-2)21(18)15-11-12-17(20-16(15)13-24-23(20)27)25-22(26)14-7-4-3-5-8-14/h3-12H,13H2,1-2H3,(H,24,27)(H,25,26). The van der Waals surface area contributed by atoms with Gasteiger partial charge < -0.3 is 20.1 Å². The number of amides is 2. The first-order chi connectivity index (χ1) is 14.1. The second-order valence-corrected chi connectivity index (χ2v) is 6.55. The first-order valence-corrected chi connectivity index (χ1v) is 9.16. The van der Waals surface area contributed by atoms with Gasteiger partial charge in [-0.1, -0.05) is 30.3 Å². The number of anilines is 1. The van der Waals surface area contributed by atoms with E-state index >= 15 is 0 Å². The van der Waals surface area contributed by atoms with Crippen molar-refractivity contribution in [2.45, 2.75) is 6.54 Å². The molecule has 6 nitrogen and oxygen atoms in total. The van der Waals surface area contributed by atoms with E-state index in [9.17, 15) is 9.59 Å². The van der Waals surface area contributed by atoms with Crippen molar-refractivity contribution in [2.24, 2.45) is 0 Å². The molecule has 0 aromatic heterocycles. The number of ether oxygens (including phenoxy) is 2. The van der Waals surface area contributed by atoms with Crippen LogP contribution in [0.4, 0.5) is 5.69 Å². The fourth-order valence-electron chi connectivity index (χ4n) is 3.59. The van der Waals surface area contributed by atoms with Crippen molar-refractivity contribution in [3.63, 3.8) is 0 Å². The first-order valence-electron chi connectivity index (χ1n) is 9.16. The Morgan fingerprint density at radius 2 is 1.59 bits per heavy atom. The predicted octanol–water partition coefficient (Wildman–Crippen LogP) is 3.87. The second-order valence-electron chi connectivity index (χ2n) is 6.55. The second kappa shape index (κ2) is 7.67. The van der Waals surface area contributed by atoms with Crippen molar-refractivity contribution >= 4 is 17.5 Å². The maximum atomic E-state index is 12.6. The summed E-state index contributed by atoms with van der Waals surface area (Å²) in [4.78, 5) is 25.2. The predicted molar refractivity (Wildman–Crippen MR) is 111 cm³/mol. The highest BCUT2D eigenvalue weighted by Crippen LogP contribution is 2.43. The van der Waals surface area contributed by atoms with Gasteiger partial charge in [0, 0.05) is 12.1 Å². The molecule has 0 radical (unpaired) electrons. The SMILES string of the molecule is COc1cccc(OC)c1-c1ccc(NC(=O)c2ccccc2)c2c1CNC2=O. The lowest BCUT2D eigenvalue weighted by molar-refractivity contribution is 0.0966. The van der Waals surface area contributed by atoms with Crippen molar-refractivity contribution in [1.29, 1.82) is 0 Å². The lowest BCUT2D eigenvalue weighted by atomic mass is 9.94. The van der Waals surface area contributed by atoms with E-state index in [-0.39, 0.29) is 11.8 Å². The molecule has 0 atom stereocenters. The summed E-state index contributed by atoms with van der Waals surface area (Å²) in [6.07, 6.45) is 0. The van der Waals surface area contributed by atoms with Crippen LogP contribution in [-0.4, -0.2) is 26.0 Å². The minimum atomic E-state index is -0.268. The molecule has 2 N–H and O–H groups in total. The fraction of sp³-hybridized carbons (Fsp3) is 0.130. The van der Waals surface area contributed by atoms with Crippen LogP contribution in [-0.2, 0) is 6.54 Å². The van der Waals surface area contributed by atoms with Crippen LogP contribution in [0.1, 0.15) is 26.3 Å². The van der Waals surface area contributed by atoms with Gasteiger partial charge in [0.2, 0.25) is 0 Å². The van der Waals surface area contributed by atoms with Gasteiger partial charge in [-0.2, -0.15) is 0 Å². The molecule has 3 aromatic rings. The molecule has 0 unspecified atom stereocenters. The zero-order chi connectivity index (χ0) is 20.4. The van der Waals surface area contributed by atoms with E-state index in [0.717, 1.165) is 16.7 Å². The third-order valence-electron chi connectivity index (χ3n) is 4.95. The van der Waals surface area contributed by atoms with Crippen molar-refractivity contribution in [3.8, 4) is 22.6 Å². The van der Waals surface area contributed by atoms with E-state index in [0.29, 0.717) is 34.9 Å². The van der Waals surface area contributed by atoms with Gasteiger partial charge in [-0.3, -0.25) is 9.59 Å². The van der Waals surface area contributed by atoms with Crippen molar-refractivity contribution < 1.29 is 19.1 Å². The number of carbonyl (C=O) groups excluding carboxylic acids is 2. The Bertz CT molecular complexity index is 1070. The van der Waals surface area contributed by atoms with E-state index in [4.69, 9.17) is 9.47 Å². The molecule has 1 aliphatic heterocycles. The number of rotatable bonds is 5. The molecular weight excluding hydrogens is 368 g/mol. The molecule has 4 rings (SSSR count). The highest BCUT2D eigenvalue weighted by Gasteiger charge is 2.29. The quantitative estimate of drug-likeness (QED) is 0.696. The minimum absolute atomic E-state index is 0.223. The summed E-state index contributed by atoms with van der Waals surface area (Å²) in [5.41, 5.74) is 3.84. The van der Waals surface area contributed by atoms with Crippen LogP contribution in [0.5, 0.6) is 11.5 Å². The molecule has 0 saturated heterocycles. The number of methoxy groups -OCH3 is 2. The largest absolute Gasteiger partial charge is 0.496 e. The molecule has 29 heavy (non-hydrogen) atoms. The topological polar surface area (TPSA) is 76.7 Å². The van der Waals surface area contributed by atoms with Gasteiger partial charge in [-0.15, -0.1) is 0 Å². The maximum absolute atomic E-state index is 12.6. The highest BCUT2D eigenvalue weighted by molar-refractivity contribution is 6.11. The zero-order valence-corrected chi connectivity index (χ0v) is 16.1. The van der Waals surface area contributed by atoms with E-state index in [1.807, 2.05) is 30.3 Å². The Hall–Kier alpha value is -3.80. The molecule has 2 amide bonds. The average Bonchev–Trinajstić information content (AvgIpc) is 3.16. The molecule has 0 aliphatic carbocycles. The number of hydrogen-bond donors (Lipinski definition) is 2. The van der Waals surface area contributed by atoms with Crippen LogP contribution in [0.2, 0.25) is 0 Å². The Morgan fingerprint density at radius 3 is 2.24 bits per heavy atom. The van der Waals surface area contributed by atoms with Gasteiger partial charge in [-0.25, -0.2) is 0 Å². The van der Waals surface area contributed by atoms with Crippen LogP contribution in [0.3, 0.4) is 0 Å². The van der Waals surface area contributed by atoms with Gasteiger partial charge in [0.05, 0.1) is 31.0 Å². The molecule has 0 saturated carbocycles. The Labute approximate surface area is 168 Å². The lowest BCUT2D eigenvalue weighted by Gasteiger charge is -2.17. The number of fused-ring (bicyclic) bond motifs is 1. The lowest BCUT2D eigenvalue weighted by Crippen LogP contribution is -2.17. The summed E-state index contributed by atoms with van der Waals surface area (Å²) in [6, 6.07) is 18.0. The molecule has 0 spiro atoms. The molecule has 1 aliphatic rings. The average molecular weight is 388 g/mol. The molecule has 6 heteroatoms. The van der Waals surface area contributed by atoms with Crippen LogP contribution < -0.4 is 20.1 Å². The summed E-state index contributed by atoms with van der Waals surface area (Å²) in [6.45, 7) is 0.361. The Balaban J connectivity index is 1.82. The maximum Gasteiger partial charge on any atom is 0.255 e. The monoisotopic (exact) mass is 388 g/mol. The zero-order valence-electron chi connectivity index (χ0n) is 16.1. The van der Waals surface area contributed by atoms with Gasteiger partial charge in [0.15, 0.2) is 0 Å². The first kappa shape index (κ1) is 18.6. The third-order valence-corrected chi connectivity index (χ3v) is 4.95. The van der Waals surface area contributed by atoms with Crippen molar-refractivity contribution in [1.82, 2.24) is 5.32 Å². The summed E-state index contributed by atoms with van der Waals surface area (Å²) >= 11 is 0.